The topological polar surface area (TPSA) is 28.2 Å². The SMILES string of the molecule is CCCc1nc(CN2CCCCC2C)sc1CNCC. The third-order valence-electron chi connectivity index (χ3n) is 4.12. The first kappa shape index (κ1) is 15.9. The van der Waals surface area contributed by atoms with E-state index in [2.05, 4.69) is 31.0 Å². The van der Waals surface area contributed by atoms with Crippen molar-refractivity contribution in [1.29, 1.82) is 0 Å². The molecule has 4 heteroatoms. The molecule has 1 aliphatic heterocycles. The van der Waals surface area contributed by atoms with Crippen LogP contribution >= 0.6 is 11.3 Å². The number of rotatable bonds is 7. The van der Waals surface area contributed by atoms with Crippen molar-refractivity contribution in [3.05, 3.63) is 15.6 Å². The van der Waals surface area contributed by atoms with E-state index in [0.29, 0.717) is 0 Å². The lowest BCUT2D eigenvalue weighted by molar-refractivity contribution is 0.152. The molecule has 1 unspecified atom stereocenters. The molecule has 20 heavy (non-hydrogen) atoms. The second kappa shape index (κ2) is 8.11. The molecule has 2 heterocycles. The number of hydrogen-bond donors (Lipinski definition) is 1. The average molecular weight is 295 g/mol. The van der Waals surface area contributed by atoms with Crippen LogP contribution in [0.3, 0.4) is 0 Å². The van der Waals surface area contributed by atoms with Crippen molar-refractivity contribution in [3.8, 4) is 0 Å². The van der Waals surface area contributed by atoms with Crippen LogP contribution in [-0.4, -0.2) is 29.0 Å². The average Bonchev–Trinajstić information content (AvgIpc) is 2.81. The predicted molar refractivity (Wildman–Crippen MR) is 87.2 cm³/mol. The molecule has 0 amide bonds. The van der Waals surface area contributed by atoms with Gasteiger partial charge in [-0.3, -0.25) is 4.90 Å². The number of likely N-dealkylation sites (tertiary alicyclic amines) is 1. The molecule has 0 bridgehead atoms. The van der Waals surface area contributed by atoms with E-state index < -0.39 is 0 Å². The van der Waals surface area contributed by atoms with Crippen LogP contribution in [0.5, 0.6) is 0 Å². The van der Waals surface area contributed by atoms with Crippen LogP contribution in [0.4, 0.5) is 0 Å². The van der Waals surface area contributed by atoms with Crippen LogP contribution in [0.15, 0.2) is 0 Å². The summed E-state index contributed by atoms with van der Waals surface area (Å²) in [7, 11) is 0. The minimum Gasteiger partial charge on any atom is -0.312 e. The molecule has 114 valence electrons. The van der Waals surface area contributed by atoms with Crippen molar-refractivity contribution < 1.29 is 0 Å². The zero-order chi connectivity index (χ0) is 14.4. The molecule has 1 atom stereocenters. The van der Waals surface area contributed by atoms with Gasteiger partial charge in [0.1, 0.15) is 5.01 Å². The standard InChI is InChI=1S/C16H29N3S/c1-4-8-14-15(11-17-5-2)20-16(18-14)12-19-10-7-6-9-13(19)3/h13,17H,4-12H2,1-3H3. The highest BCUT2D eigenvalue weighted by atomic mass is 32.1. The summed E-state index contributed by atoms with van der Waals surface area (Å²) < 4.78 is 0. The van der Waals surface area contributed by atoms with E-state index in [-0.39, 0.29) is 0 Å². The van der Waals surface area contributed by atoms with Gasteiger partial charge in [0.15, 0.2) is 0 Å². The van der Waals surface area contributed by atoms with Gasteiger partial charge in [0.2, 0.25) is 0 Å². The minimum atomic E-state index is 0.722. The lowest BCUT2D eigenvalue weighted by atomic mass is 10.0. The van der Waals surface area contributed by atoms with Gasteiger partial charge in [0.05, 0.1) is 12.2 Å². The summed E-state index contributed by atoms with van der Waals surface area (Å²) in [5.41, 5.74) is 1.33. The Kier molecular flexibility index (Phi) is 6.46. The highest BCUT2D eigenvalue weighted by molar-refractivity contribution is 7.11. The van der Waals surface area contributed by atoms with E-state index in [1.54, 1.807) is 0 Å². The van der Waals surface area contributed by atoms with Gasteiger partial charge >= 0.3 is 0 Å². The minimum absolute atomic E-state index is 0.722. The lowest BCUT2D eigenvalue weighted by Gasteiger charge is -2.32. The first-order valence-corrected chi connectivity index (χ1v) is 8.98. The van der Waals surface area contributed by atoms with Crippen molar-refractivity contribution in [1.82, 2.24) is 15.2 Å². The first-order chi connectivity index (χ1) is 9.74. The van der Waals surface area contributed by atoms with Crippen LogP contribution in [-0.2, 0) is 19.5 Å². The number of hydrogen-bond acceptors (Lipinski definition) is 4. The molecule has 0 saturated carbocycles. The van der Waals surface area contributed by atoms with Gasteiger partial charge in [-0.15, -0.1) is 11.3 Å². The molecular formula is C16H29N3S. The van der Waals surface area contributed by atoms with Gasteiger partial charge in [0, 0.05) is 17.5 Å². The fourth-order valence-corrected chi connectivity index (χ4v) is 3.99. The summed E-state index contributed by atoms with van der Waals surface area (Å²) in [5.74, 6) is 0. The Morgan fingerprint density at radius 2 is 2.20 bits per heavy atom. The van der Waals surface area contributed by atoms with E-state index in [9.17, 15) is 0 Å². The van der Waals surface area contributed by atoms with Crippen molar-refractivity contribution in [3.63, 3.8) is 0 Å². The molecule has 0 radical (unpaired) electrons. The zero-order valence-electron chi connectivity index (χ0n) is 13.2. The fourth-order valence-electron chi connectivity index (χ4n) is 2.88. The van der Waals surface area contributed by atoms with E-state index in [4.69, 9.17) is 4.98 Å². The van der Waals surface area contributed by atoms with E-state index >= 15 is 0 Å². The summed E-state index contributed by atoms with van der Waals surface area (Å²) in [6.07, 6.45) is 6.39. The Morgan fingerprint density at radius 1 is 1.35 bits per heavy atom. The Hall–Kier alpha value is -0.450. The second-order valence-electron chi connectivity index (χ2n) is 5.82. The Morgan fingerprint density at radius 3 is 2.90 bits per heavy atom. The molecule has 2 rings (SSSR count). The van der Waals surface area contributed by atoms with E-state index in [1.165, 1.54) is 47.8 Å². The molecule has 0 spiro atoms. The normalized spacial score (nSPS) is 20.4. The van der Waals surface area contributed by atoms with Crippen LogP contribution in [0.1, 0.15) is 62.0 Å². The zero-order valence-corrected chi connectivity index (χ0v) is 14.1. The molecule has 1 aromatic heterocycles. The quantitative estimate of drug-likeness (QED) is 0.833. The number of thiazole rings is 1. The van der Waals surface area contributed by atoms with Gasteiger partial charge in [0.25, 0.3) is 0 Å². The lowest BCUT2D eigenvalue weighted by Crippen LogP contribution is -2.36. The highest BCUT2D eigenvalue weighted by Crippen LogP contribution is 2.24. The van der Waals surface area contributed by atoms with E-state index in [1.807, 2.05) is 11.3 Å². The molecule has 1 fully saturated rings. The summed E-state index contributed by atoms with van der Waals surface area (Å²) in [4.78, 5) is 8.98. The number of aromatic nitrogens is 1. The van der Waals surface area contributed by atoms with Crippen LogP contribution in [0.25, 0.3) is 0 Å². The largest absolute Gasteiger partial charge is 0.312 e. The van der Waals surface area contributed by atoms with Gasteiger partial charge in [-0.05, 0) is 39.3 Å². The maximum atomic E-state index is 4.92. The van der Waals surface area contributed by atoms with Crippen LogP contribution < -0.4 is 5.32 Å². The smallest absolute Gasteiger partial charge is 0.107 e. The summed E-state index contributed by atoms with van der Waals surface area (Å²) in [6.45, 7) is 11.1. The van der Waals surface area contributed by atoms with Crippen LogP contribution in [0, 0.1) is 0 Å². The highest BCUT2D eigenvalue weighted by Gasteiger charge is 2.20. The van der Waals surface area contributed by atoms with Crippen molar-refractivity contribution in [2.45, 2.75) is 72.0 Å². The molecule has 3 nitrogen and oxygen atoms in total. The molecule has 1 saturated heterocycles. The fraction of sp³-hybridized carbons (Fsp3) is 0.812. The van der Waals surface area contributed by atoms with E-state index in [0.717, 1.165) is 32.1 Å². The van der Waals surface area contributed by atoms with Crippen molar-refractivity contribution in [2.24, 2.45) is 0 Å². The summed E-state index contributed by atoms with van der Waals surface area (Å²) in [5, 5.41) is 4.76. The Balaban J connectivity index is 2.03. The molecule has 1 aliphatic rings. The molecule has 1 aromatic rings. The predicted octanol–water partition coefficient (Wildman–Crippen LogP) is 3.58. The number of nitrogens with zero attached hydrogens (tertiary/aromatic N) is 2. The molecule has 0 aliphatic carbocycles. The number of piperidine rings is 1. The third kappa shape index (κ3) is 4.27. The maximum Gasteiger partial charge on any atom is 0.107 e. The van der Waals surface area contributed by atoms with Gasteiger partial charge in [-0.1, -0.05) is 26.7 Å². The third-order valence-corrected chi connectivity index (χ3v) is 5.21. The number of nitrogens with one attached hydrogen (secondary N) is 1. The molecule has 1 N–H and O–H groups in total. The van der Waals surface area contributed by atoms with Crippen molar-refractivity contribution in [2.75, 3.05) is 13.1 Å². The molecular weight excluding hydrogens is 266 g/mol. The molecule has 0 aromatic carbocycles. The van der Waals surface area contributed by atoms with Crippen LogP contribution in [0.2, 0.25) is 0 Å². The monoisotopic (exact) mass is 295 g/mol. The summed E-state index contributed by atoms with van der Waals surface area (Å²) >= 11 is 1.92. The summed E-state index contributed by atoms with van der Waals surface area (Å²) in [6, 6.07) is 0.722. The van der Waals surface area contributed by atoms with Gasteiger partial charge < -0.3 is 5.32 Å². The van der Waals surface area contributed by atoms with Gasteiger partial charge in [-0.25, -0.2) is 4.98 Å². The first-order valence-electron chi connectivity index (χ1n) is 8.16. The number of aryl methyl sites for hydroxylation is 1. The second-order valence-corrected chi connectivity index (χ2v) is 6.99. The Bertz CT molecular complexity index is 402. The van der Waals surface area contributed by atoms with Crippen molar-refractivity contribution >= 4 is 11.3 Å². The van der Waals surface area contributed by atoms with Gasteiger partial charge in [-0.2, -0.15) is 0 Å². The maximum absolute atomic E-state index is 4.92. The Labute approximate surface area is 127 Å².